The second-order valence-corrected chi connectivity index (χ2v) is 9.83. The van der Waals surface area contributed by atoms with Crippen LogP contribution in [-0.4, -0.2) is 34.9 Å². The molecule has 0 amide bonds. The van der Waals surface area contributed by atoms with Gasteiger partial charge in [0.25, 0.3) is 9.05 Å². The van der Waals surface area contributed by atoms with Crippen molar-refractivity contribution in [2.75, 3.05) is 18.1 Å². The van der Waals surface area contributed by atoms with Crippen molar-refractivity contribution in [3.8, 4) is 5.75 Å². The van der Waals surface area contributed by atoms with Gasteiger partial charge in [0.1, 0.15) is 25.5 Å². The van der Waals surface area contributed by atoms with Gasteiger partial charge in [0.2, 0.25) is 0 Å². The molecule has 0 aliphatic carbocycles. The Morgan fingerprint density at radius 3 is 2.24 bits per heavy atom. The van der Waals surface area contributed by atoms with Gasteiger partial charge < -0.3 is 4.74 Å². The van der Waals surface area contributed by atoms with Crippen LogP contribution in [0.25, 0.3) is 0 Å². The molecule has 0 aliphatic rings. The van der Waals surface area contributed by atoms with Crippen molar-refractivity contribution in [2.45, 2.75) is 18.2 Å². The molecule has 1 aromatic carbocycles. The molecular formula is C11H13Cl3O5S2. The Kier molecular flexibility index (Phi) is 6.61. The fourth-order valence-corrected chi connectivity index (χ4v) is 4.05. The van der Waals surface area contributed by atoms with Crippen molar-refractivity contribution in [1.29, 1.82) is 0 Å². The second kappa shape index (κ2) is 7.37. The largest absolute Gasteiger partial charge is 0.492 e. The second-order valence-electron chi connectivity index (χ2n) is 4.07. The lowest BCUT2D eigenvalue weighted by Crippen LogP contribution is -2.12. The third-order valence-electron chi connectivity index (χ3n) is 2.57. The Labute approximate surface area is 138 Å². The number of sulfone groups is 1. The van der Waals surface area contributed by atoms with Gasteiger partial charge in [0.05, 0.1) is 17.4 Å². The maximum Gasteiger partial charge on any atom is 0.262 e. The third-order valence-corrected chi connectivity index (χ3v) is 6.70. The smallest absolute Gasteiger partial charge is 0.262 e. The zero-order chi connectivity index (χ0) is 16.3. The standard InChI is InChI=1S/C11H13Cl3O5S2/c1-2-20(15,16)7-3-6-19-8-4-5-9(21(14,17)18)11(13)10(8)12/h4-5H,2-3,6-7H2,1H3. The highest BCUT2D eigenvalue weighted by Gasteiger charge is 2.20. The van der Waals surface area contributed by atoms with Crippen LogP contribution in [0.2, 0.25) is 10.0 Å². The lowest BCUT2D eigenvalue weighted by molar-refractivity contribution is 0.317. The van der Waals surface area contributed by atoms with E-state index in [-0.39, 0.29) is 38.8 Å². The van der Waals surface area contributed by atoms with Crippen LogP contribution in [0.1, 0.15) is 13.3 Å². The van der Waals surface area contributed by atoms with E-state index >= 15 is 0 Å². The zero-order valence-corrected chi connectivity index (χ0v) is 14.9. The molecule has 0 spiro atoms. The lowest BCUT2D eigenvalue weighted by atomic mass is 10.3. The first-order valence-electron chi connectivity index (χ1n) is 5.84. The molecule has 0 saturated heterocycles. The first-order valence-corrected chi connectivity index (χ1v) is 10.7. The van der Waals surface area contributed by atoms with Crippen molar-refractivity contribution in [3.05, 3.63) is 22.2 Å². The quantitative estimate of drug-likeness (QED) is 0.523. The highest BCUT2D eigenvalue weighted by molar-refractivity contribution is 8.13. The SMILES string of the molecule is CCS(=O)(=O)CCCOc1ccc(S(=O)(=O)Cl)c(Cl)c1Cl. The minimum Gasteiger partial charge on any atom is -0.492 e. The van der Waals surface area contributed by atoms with Gasteiger partial charge in [-0.1, -0.05) is 30.1 Å². The summed E-state index contributed by atoms with van der Waals surface area (Å²) in [5.41, 5.74) is 0. The molecule has 0 saturated carbocycles. The minimum atomic E-state index is -4.00. The van der Waals surface area contributed by atoms with Gasteiger partial charge in [-0.15, -0.1) is 0 Å². The molecule has 5 nitrogen and oxygen atoms in total. The van der Waals surface area contributed by atoms with Crippen molar-refractivity contribution >= 4 is 52.8 Å². The van der Waals surface area contributed by atoms with Crippen LogP contribution in [0.3, 0.4) is 0 Å². The van der Waals surface area contributed by atoms with Crippen LogP contribution in [0.4, 0.5) is 0 Å². The Bertz CT molecular complexity index is 714. The molecule has 0 N–H and O–H groups in total. The van der Waals surface area contributed by atoms with Gasteiger partial charge in [-0.25, -0.2) is 16.8 Å². The first kappa shape index (κ1) is 18.8. The van der Waals surface area contributed by atoms with Crippen LogP contribution in [0.15, 0.2) is 17.0 Å². The number of hydrogen-bond acceptors (Lipinski definition) is 5. The number of hydrogen-bond donors (Lipinski definition) is 0. The highest BCUT2D eigenvalue weighted by Crippen LogP contribution is 2.37. The Morgan fingerprint density at radius 1 is 1.10 bits per heavy atom. The van der Waals surface area contributed by atoms with E-state index in [9.17, 15) is 16.8 Å². The Hall–Kier alpha value is -0.210. The molecule has 0 bridgehead atoms. The average Bonchev–Trinajstić information content (AvgIpc) is 2.38. The Morgan fingerprint density at radius 2 is 1.71 bits per heavy atom. The van der Waals surface area contributed by atoms with Crippen LogP contribution in [-0.2, 0) is 18.9 Å². The van der Waals surface area contributed by atoms with E-state index in [1.165, 1.54) is 12.1 Å². The van der Waals surface area contributed by atoms with Gasteiger partial charge in [-0.2, -0.15) is 0 Å². The van der Waals surface area contributed by atoms with Gasteiger partial charge in [0, 0.05) is 16.4 Å². The molecule has 0 unspecified atom stereocenters. The van der Waals surface area contributed by atoms with E-state index in [1.54, 1.807) is 6.92 Å². The van der Waals surface area contributed by atoms with E-state index in [4.69, 9.17) is 38.6 Å². The Balaban J connectivity index is 2.77. The summed E-state index contributed by atoms with van der Waals surface area (Å²) >= 11 is 11.7. The van der Waals surface area contributed by atoms with Gasteiger partial charge >= 0.3 is 0 Å². The molecule has 0 radical (unpaired) electrons. The topological polar surface area (TPSA) is 77.5 Å². The number of ether oxygens (including phenoxy) is 1. The van der Waals surface area contributed by atoms with Crippen LogP contribution < -0.4 is 4.74 Å². The molecule has 0 atom stereocenters. The fraction of sp³-hybridized carbons (Fsp3) is 0.455. The molecule has 21 heavy (non-hydrogen) atoms. The molecule has 10 heteroatoms. The molecule has 1 rings (SSSR count). The minimum absolute atomic E-state index is 0.00297. The summed E-state index contributed by atoms with van der Waals surface area (Å²) in [6.45, 7) is 1.68. The molecule has 0 aromatic heterocycles. The van der Waals surface area contributed by atoms with Crippen LogP contribution in [0, 0.1) is 0 Å². The van der Waals surface area contributed by atoms with E-state index in [2.05, 4.69) is 0 Å². The predicted octanol–water partition coefficient (Wildman–Crippen LogP) is 3.12. The fourth-order valence-electron chi connectivity index (χ4n) is 1.42. The highest BCUT2D eigenvalue weighted by atomic mass is 35.7. The summed E-state index contributed by atoms with van der Waals surface area (Å²) in [4.78, 5) is -0.309. The molecule has 0 fully saturated rings. The molecule has 120 valence electrons. The summed E-state index contributed by atoms with van der Waals surface area (Å²) in [6, 6.07) is 2.49. The number of rotatable bonds is 7. The number of benzene rings is 1. The zero-order valence-electron chi connectivity index (χ0n) is 11.0. The summed E-state index contributed by atoms with van der Waals surface area (Å²) in [6.07, 6.45) is 0.291. The lowest BCUT2D eigenvalue weighted by Gasteiger charge is -2.10. The third kappa shape index (κ3) is 5.49. The van der Waals surface area contributed by atoms with Gasteiger partial charge in [-0.05, 0) is 18.6 Å². The van der Waals surface area contributed by atoms with Crippen molar-refractivity contribution in [2.24, 2.45) is 0 Å². The monoisotopic (exact) mass is 394 g/mol. The van der Waals surface area contributed by atoms with E-state index in [0.717, 1.165) is 0 Å². The van der Waals surface area contributed by atoms with E-state index in [1.807, 2.05) is 0 Å². The van der Waals surface area contributed by atoms with Crippen LogP contribution in [0.5, 0.6) is 5.75 Å². The molecule has 0 aliphatic heterocycles. The van der Waals surface area contributed by atoms with Gasteiger partial charge in [0.15, 0.2) is 0 Å². The first-order chi connectivity index (χ1) is 9.58. The maximum atomic E-state index is 11.3. The molecular weight excluding hydrogens is 383 g/mol. The summed E-state index contributed by atoms with van der Waals surface area (Å²) < 4.78 is 50.4. The van der Waals surface area contributed by atoms with Crippen molar-refractivity contribution in [3.63, 3.8) is 0 Å². The molecule has 0 heterocycles. The molecule has 1 aromatic rings. The van der Waals surface area contributed by atoms with Crippen LogP contribution >= 0.6 is 33.9 Å². The van der Waals surface area contributed by atoms with Gasteiger partial charge in [-0.3, -0.25) is 0 Å². The average molecular weight is 396 g/mol. The predicted molar refractivity (Wildman–Crippen MR) is 83.9 cm³/mol. The summed E-state index contributed by atoms with van der Waals surface area (Å²) in [5.74, 6) is 0.241. The van der Waals surface area contributed by atoms with Crippen molar-refractivity contribution in [1.82, 2.24) is 0 Å². The summed E-state index contributed by atoms with van der Waals surface area (Å²) in [7, 11) is -1.85. The maximum absolute atomic E-state index is 11.3. The number of halogens is 3. The van der Waals surface area contributed by atoms with E-state index in [0.29, 0.717) is 6.42 Å². The van der Waals surface area contributed by atoms with Crippen molar-refractivity contribution < 1.29 is 21.6 Å². The van der Waals surface area contributed by atoms with E-state index < -0.39 is 18.9 Å². The summed E-state index contributed by atoms with van der Waals surface area (Å²) in [5, 5.41) is -0.318. The normalized spacial score (nSPS) is 12.4.